The van der Waals surface area contributed by atoms with Gasteiger partial charge in [-0.15, -0.1) is 0 Å². The molecule has 3 rings (SSSR count). The van der Waals surface area contributed by atoms with Crippen LogP contribution in [0.2, 0.25) is 5.02 Å². The van der Waals surface area contributed by atoms with Crippen LogP contribution in [0.25, 0.3) is 22.4 Å². The number of fused-ring (bicyclic) bond motifs is 1. The molecule has 0 fully saturated rings. The van der Waals surface area contributed by atoms with Crippen molar-refractivity contribution in [3.63, 3.8) is 0 Å². The van der Waals surface area contributed by atoms with Crippen LogP contribution < -0.4 is 4.74 Å². The normalized spacial score (nSPS) is 12.3. The minimum atomic E-state index is -2.92. The van der Waals surface area contributed by atoms with E-state index >= 15 is 0 Å². The van der Waals surface area contributed by atoms with Gasteiger partial charge in [0.15, 0.2) is 5.58 Å². The number of aromatic nitrogens is 3. The van der Waals surface area contributed by atoms with E-state index in [0.29, 0.717) is 33.3 Å². The third kappa shape index (κ3) is 2.96. The van der Waals surface area contributed by atoms with Gasteiger partial charge >= 0.3 is 6.61 Å². The van der Waals surface area contributed by atoms with Crippen LogP contribution in [-0.4, -0.2) is 21.4 Å². The third-order valence-corrected chi connectivity index (χ3v) is 3.76. The van der Waals surface area contributed by atoms with Crippen LogP contribution in [-0.2, 0) is 12.5 Å². The van der Waals surface area contributed by atoms with Gasteiger partial charge < -0.3 is 9.15 Å². The van der Waals surface area contributed by atoms with Crippen molar-refractivity contribution >= 4 is 22.7 Å². The first-order valence-electron chi connectivity index (χ1n) is 7.25. The topological polar surface area (TPSA) is 53.1 Å². The Morgan fingerprint density at radius 1 is 1.29 bits per heavy atom. The van der Waals surface area contributed by atoms with Gasteiger partial charge in [-0.05, 0) is 12.1 Å². The van der Waals surface area contributed by atoms with Gasteiger partial charge in [0, 0.05) is 24.1 Å². The molecule has 0 N–H and O–H groups in total. The number of ether oxygens (including phenoxy) is 1. The van der Waals surface area contributed by atoms with E-state index in [1.165, 1.54) is 17.8 Å². The van der Waals surface area contributed by atoms with Gasteiger partial charge in [-0.3, -0.25) is 0 Å². The maximum absolute atomic E-state index is 12.4. The minimum Gasteiger partial charge on any atom is -0.439 e. The predicted molar refractivity (Wildman–Crippen MR) is 86.6 cm³/mol. The lowest BCUT2D eigenvalue weighted by Gasteiger charge is -2.11. The maximum atomic E-state index is 12.4. The zero-order valence-corrected chi connectivity index (χ0v) is 14.4. The fraction of sp³-hybridized carbons (Fsp3) is 0.375. The fourth-order valence-electron chi connectivity index (χ4n) is 2.28. The van der Waals surface area contributed by atoms with E-state index in [2.05, 4.69) is 14.8 Å². The molecule has 3 aromatic rings. The van der Waals surface area contributed by atoms with Crippen molar-refractivity contribution in [3.8, 4) is 17.1 Å². The summed E-state index contributed by atoms with van der Waals surface area (Å²) in [5.41, 5.74) is 1.73. The Bertz CT molecular complexity index is 897. The number of nitrogens with zero attached hydrogens (tertiary/aromatic N) is 3. The Morgan fingerprint density at radius 3 is 2.62 bits per heavy atom. The fourth-order valence-corrected chi connectivity index (χ4v) is 2.47. The molecule has 0 unspecified atom stereocenters. The summed E-state index contributed by atoms with van der Waals surface area (Å²) in [6.07, 6.45) is 0. The minimum absolute atomic E-state index is 0.0429. The van der Waals surface area contributed by atoms with Crippen LogP contribution in [0.1, 0.15) is 26.7 Å². The van der Waals surface area contributed by atoms with Crippen molar-refractivity contribution in [1.29, 1.82) is 0 Å². The molecule has 0 saturated carbocycles. The number of rotatable bonds is 3. The largest absolute Gasteiger partial charge is 0.439 e. The molecule has 24 heavy (non-hydrogen) atoms. The van der Waals surface area contributed by atoms with Gasteiger partial charge in [-0.1, -0.05) is 32.4 Å². The number of oxazole rings is 1. The van der Waals surface area contributed by atoms with Gasteiger partial charge in [-0.2, -0.15) is 13.9 Å². The smallest absolute Gasteiger partial charge is 0.388 e. The van der Waals surface area contributed by atoms with E-state index in [0.717, 1.165) is 0 Å². The highest BCUT2D eigenvalue weighted by Crippen LogP contribution is 2.36. The zero-order chi connectivity index (χ0) is 17.6. The van der Waals surface area contributed by atoms with E-state index in [9.17, 15) is 8.78 Å². The molecule has 0 aliphatic rings. The van der Waals surface area contributed by atoms with Crippen LogP contribution in [0.15, 0.2) is 22.6 Å². The van der Waals surface area contributed by atoms with Crippen LogP contribution >= 0.6 is 11.6 Å². The molecular weight excluding hydrogens is 340 g/mol. The molecule has 1 aromatic carbocycles. The lowest BCUT2D eigenvalue weighted by atomic mass is 9.97. The summed E-state index contributed by atoms with van der Waals surface area (Å²) in [6, 6.07) is 4.82. The summed E-state index contributed by atoms with van der Waals surface area (Å²) in [6.45, 7) is 3.00. The van der Waals surface area contributed by atoms with Crippen LogP contribution in [0, 0.1) is 0 Å². The van der Waals surface area contributed by atoms with Crippen molar-refractivity contribution in [2.45, 2.75) is 32.8 Å². The lowest BCUT2D eigenvalue weighted by molar-refractivity contribution is -0.0553. The molecular formula is C16H16ClF2N3O2. The third-order valence-electron chi connectivity index (χ3n) is 3.46. The predicted octanol–water partition coefficient (Wildman–Crippen LogP) is 4.78. The molecule has 0 aliphatic carbocycles. The van der Waals surface area contributed by atoms with Gasteiger partial charge in [0.1, 0.15) is 11.2 Å². The van der Waals surface area contributed by atoms with Crippen molar-refractivity contribution in [2.75, 3.05) is 0 Å². The first kappa shape index (κ1) is 16.7. The van der Waals surface area contributed by atoms with Crippen LogP contribution in [0.3, 0.4) is 0 Å². The monoisotopic (exact) mass is 355 g/mol. The summed E-state index contributed by atoms with van der Waals surface area (Å²) in [4.78, 5) is 4.46. The molecule has 2 aromatic heterocycles. The first-order chi connectivity index (χ1) is 11.2. The van der Waals surface area contributed by atoms with E-state index in [4.69, 9.17) is 16.0 Å². The molecule has 0 spiro atoms. The number of alkyl halides is 2. The molecule has 8 heteroatoms. The summed E-state index contributed by atoms with van der Waals surface area (Å²) >= 11 is 6.21. The number of halogens is 3. The van der Waals surface area contributed by atoms with E-state index in [1.807, 2.05) is 20.8 Å². The number of benzene rings is 1. The Balaban J connectivity index is 2.16. The number of aryl methyl sites for hydroxylation is 1. The summed E-state index contributed by atoms with van der Waals surface area (Å²) in [5, 5.41) is 4.66. The van der Waals surface area contributed by atoms with Crippen molar-refractivity contribution in [1.82, 2.24) is 14.8 Å². The summed E-state index contributed by atoms with van der Waals surface area (Å²) < 4.78 is 36.5. The SMILES string of the molecule is Cn1nc(-c2ccc(Cl)c3nc(C(C)(C)C)oc23)cc1OC(F)F. The molecule has 128 valence electrons. The molecule has 5 nitrogen and oxygen atoms in total. The van der Waals surface area contributed by atoms with Crippen molar-refractivity contribution in [2.24, 2.45) is 7.05 Å². The van der Waals surface area contributed by atoms with Gasteiger partial charge in [0.05, 0.1) is 5.02 Å². The molecule has 0 bridgehead atoms. The lowest BCUT2D eigenvalue weighted by Crippen LogP contribution is -2.10. The number of hydrogen-bond donors (Lipinski definition) is 0. The van der Waals surface area contributed by atoms with E-state index < -0.39 is 6.61 Å². The quantitative estimate of drug-likeness (QED) is 0.678. The second kappa shape index (κ2) is 5.73. The van der Waals surface area contributed by atoms with Crippen LogP contribution in [0.5, 0.6) is 5.88 Å². The molecule has 0 amide bonds. The highest BCUT2D eigenvalue weighted by atomic mass is 35.5. The van der Waals surface area contributed by atoms with Gasteiger partial charge in [-0.25, -0.2) is 9.67 Å². The second-order valence-electron chi connectivity index (χ2n) is 6.41. The van der Waals surface area contributed by atoms with Crippen molar-refractivity contribution in [3.05, 3.63) is 29.1 Å². The average Bonchev–Trinajstić information content (AvgIpc) is 3.04. The second-order valence-corrected chi connectivity index (χ2v) is 6.82. The summed E-state index contributed by atoms with van der Waals surface area (Å²) in [7, 11) is 1.52. The number of hydrogen-bond acceptors (Lipinski definition) is 4. The first-order valence-corrected chi connectivity index (χ1v) is 7.63. The Hall–Kier alpha value is -2.15. The van der Waals surface area contributed by atoms with Gasteiger partial charge in [0.2, 0.25) is 11.8 Å². The molecule has 0 atom stereocenters. The summed E-state index contributed by atoms with van der Waals surface area (Å²) in [5.74, 6) is 0.491. The van der Waals surface area contributed by atoms with E-state index in [1.54, 1.807) is 12.1 Å². The van der Waals surface area contributed by atoms with Crippen LogP contribution in [0.4, 0.5) is 8.78 Å². The van der Waals surface area contributed by atoms with E-state index in [-0.39, 0.29) is 11.3 Å². The maximum Gasteiger partial charge on any atom is 0.388 e. The highest BCUT2D eigenvalue weighted by Gasteiger charge is 2.24. The zero-order valence-electron chi connectivity index (χ0n) is 13.6. The van der Waals surface area contributed by atoms with Crippen molar-refractivity contribution < 1.29 is 17.9 Å². The Labute approximate surface area is 142 Å². The molecule has 0 aliphatic heterocycles. The Kier molecular flexibility index (Phi) is 3.99. The van der Waals surface area contributed by atoms with Gasteiger partial charge in [0.25, 0.3) is 0 Å². The molecule has 0 radical (unpaired) electrons. The molecule has 0 saturated heterocycles. The average molecular weight is 356 g/mol. The highest BCUT2D eigenvalue weighted by molar-refractivity contribution is 6.35. The molecule has 2 heterocycles. The standard InChI is InChI=1S/C16H16ClF2N3O2/c1-16(2,3)14-20-12-9(17)6-5-8(13(12)24-14)10-7-11(22(4)21-10)23-15(18)19/h5-7,15H,1-4H3. The Morgan fingerprint density at radius 2 is 2.00 bits per heavy atom.